The fourth-order valence-corrected chi connectivity index (χ4v) is 3.81. The topological polar surface area (TPSA) is 79.1 Å². The maximum Gasteiger partial charge on any atom is 0.433 e. The van der Waals surface area contributed by atoms with Crippen LogP contribution in [0.3, 0.4) is 0 Å². The Morgan fingerprint density at radius 2 is 1.52 bits per heavy atom. The van der Waals surface area contributed by atoms with Gasteiger partial charge in [-0.3, -0.25) is 0 Å². The molecule has 2 aromatic carbocycles. The third-order valence-electron chi connectivity index (χ3n) is 5.58. The van der Waals surface area contributed by atoms with E-state index >= 15 is 0 Å². The molecule has 0 spiro atoms. The third kappa shape index (κ3) is 6.35. The van der Waals surface area contributed by atoms with E-state index < -0.39 is 11.9 Å². The monoisotopic (exact) mass is 456 g/mol. The van der Waals surface area contributed by atoms with Crippen LogP contribution in [0.2, 0.25) is 0 Å². The first-order valence-electron chi connectivity index (χ1n) is 11.0. The van der Waals surface area contributed by atoms with E-state index in [0.717, 1.165) is 49.7 Å². The van der Waals surface area contributed by atoms with Crippen molar-refractivity contribution in [3.05, 3.63) is 60.3 Å². The van der Waals surface area contributed by atoms with E-state index in [1.807, 2.05) is 36.4 Å². The Kier molecular flexibility index (Phi) is 6.98. The normalized spacial score (nSPS) is 14.8. The lowest BCUT2D eigenvalue weighted by Gasteiger charge is -2.26. The minimum atomic E-state index is -4.57. The van der Waals surface area contributed by atoms with E-state index in [1.54, 1.807) is 12.1 Å². The molecule has 0 radical (unpaired) electrons. The van der Waals surface area contributed by atoms with Gasteiger partial charge in [-0.15, -0.1) is 0 Å². The van der Waals surface area contributed by atoms with Crippen LogP contribution in [0.5, 0.6) is 0 Å². The number of nitrogens with zero attached hydrogens (tertiary/aromatic N) is 3. The summed E-state index contributed by atoms with van der Waals surface area (Å²) in [4.78, 5) is 10.2. The van der Waals surface area contributed by atoms with Crippen molar-refractivity contribution < 1.29 is 13.2 Å². The zero-order valence-electron chi connectivity index (χ0n) is 18.2. The number of rotatable bonds is 7. The number of benzene rings is 2. The van der Waals surface area contributed by atoms with Gasteiger partial charge in [-0.25, -0.2) is 4.98 Å². The van der Waals surface area contributed by atoms with Crippen molar-refractivity contribution in [2.45, 2.75) is 25.4 Å². The molecule has 3 aromatic rings. The summed E-state index contributed by atoms with van der Waals surface area (Å²) < 4.78 is 40.2. The molecule has 0 bridgehead atoms. The van der Waals surface area contributed by atoms with Crippen molar-refractivity contribution in [3.8, 4) is 11.1 Å². The average Bonchev–Trinajstić information content (AvgIpc) is 2.80. The molecule has 1 aliphatic heterocycles. The van der Waals surface area contributed by atoms with Crippen LogP contribution in [0.15, 0.2) is 54.6 Å². The summed E-state index contributed by atoms with van der Waals surface area (Å²) in [7, 11) is 0. The van der Waals surface area contributed by atoms with Crippen LogP contribution in [0.1, 0.15) is 25.0 Å². The number of aromatic nitrogens is 2. The van der Waals surface area contributed by atoms with Crippen molar-refractivity contribution in [1.29, 1.82) is 0 Å². The van der Waals surface area contributed by atoms with Crippen LogP contribution in [0.25, 0.3) is 11.1 Å². The molecular formula is C24H27F3N6. The molecule has 9 heteroatoms. The van der Waals surface area contributed by atoms with Gasteiger partial charge in [-0.05, 0) is 61.3 Å². The van der Waals surface area contributed by atoms with Crippen LogP contribution >= 0.6 is 0 Å². The van der Waals surface area contributed by atoms with Gasteiger partial charge in [0.05, 0.1) is 0 Å². The molecule has 1 aliphatic rings. The molecule has 1 aromatic heterocycles. The molecule has 6 nitrogen and oxygen atoms in total. The summed E-state index contributed by atoms with van der Waals surface area (Å²) in [6, 6.07) is 15.8. The first-order valence-corrected chi connectivity index (χ1v) is 11.0. The Hall–Kier alpha value is -3.33. The maximum atomic E-state index is 13.4. The quantitative estimate of drug-likeness (QED) is 0.414. The predicted molar refractivity (Wildman–Crippen MR) is 125 cm³/mol. The fraction of sp³-hybridized carbons (Fsp3) is 0.333. The highest BCUT2D eigenvalue weighted by atomic mass is 19.4. The van der Waals surface area contributed by atoms with Crippen LogP contribution in [-0.2, 0) is 6.18 Å². The lowest BCUT2D eigenvalue weighted by atomic mass is 10.1. The Labute approximate surface area is 191 Å². The molecule has 1 saturated heterocycles. The number of hydrogen-bond donors (Lipinski definition) is 3. The number of likely N-dealkylation sites (tertiary alicyclic amines) is 1. The number of piperidine rings is 1. The van der Waals surface area contributed by atoms with Gasteiger partial charge < -0.3 is 21.3 Å². The molecule has 1 fully saturated rings. The molecule has 0 saturated carbocycles. The zero-order chi connectivity index (χ0) is 23.3. The lowest BCUT2D eigenvalue weighted by Crippen LogP contribution is -2.34. The molecule has 174 valence electrons. The molecule has 0 atom stereocenters. The van der Waals surface area contributed by atoms with Crippen molar-refractivity contribution >= 4 is 23.1 Å². The number of hydrogen-bond acceptors (Lipinski definition) is 6. The van der Waals surface area contributed by atoms with Gasteiger partial charge in [0.25, 0.3) is 0 Å². The van der Waals surface area contributed by atoms with E-state index in [-0.39, 0.29) is 11.8 Å². The van der Waals surface area contributed by atoms with E-state index in [0.29, 0.717) is 17.9 Å². The molecule has 0 amide bonds. The molecule has 0 unspecified atom stereocenters. The van der Waals surface area contributed by atoms with Gasteiger partial charge in [0.15, 0.2) is 5.69 Å². The summed E-state index contributed by atoms with van der Waals surface area (Å²) in [5, 5.41) is 5.91. The van der Waals surface area contributed by atoms with Crippen LogP contribution in [0, 0.1) is 0 Å². The number of anilines is 4. The first kappa shape index (κ1) is 22.8. The van der Waals surface area contributed by atoms with Gasteiger partial charge in [0.1, 0.15) is 5.82 Å². The summed E-state index contributed by atoms with van der Waals surface area (Å²) in [5.41, 5.74) is 8.02. The Morgan fingerprint density at radius 1 is 0.879 bits per heavy atom. The smallest absolute Gasteiger partial charge is 0.399 e. The van der Waals surface area contributed by atoms with Crippen LogP contribution in [0.4, 0.5) is 36.3 Å². The number of alkyl halides is 3. The van der Waals surface area contributed by atoms with Crippen molar-refractivity contribution in [3.63, 3.8) is 0 Å². The largest absolute Gasteiger partial charge is 0.433 e. The molecule has 2 heterocycles. The predicted octanol–water partition coefficient (Wildman–Crippen LogP) is 5.39. The van der Waals surface area contributed by atoms with E-state index in [9.17, 15) is 13.2 Å². The van der Waals surface area contributed by atoms with Crippen molar-refractivity contribution in [2.24, 2.45) is 0 Å². The molecule has 4 N–H and O–H groups in total. The standard InChI is InChI=1S/C24H27F3N6/c25-24(26,27)21-16-22(32-23(31-21)29-12-15-33-13-2-1-3-14-33)30-20-10-6-18(7-11-20)17-4-8-19(28)9-5-17/h4-11,16H,1-3,12-15,28H2,(H2,29,30,31,32). The highest BCUT2D eigenvalue weighted by Crippen LogP contribution is 2.31. The minimum Gasteiger partial charge on any atom is -0.399 e. The van der Waals surface area contributed by atoms with Gasteiger partial charge in [-0.2, -0.15) is 18.2 Å². The number of nitrogens with two attached hydrogens (primary N) is 1. The van der Waals surface area contributed by atoms with E-state index in [2.05, 4.69) is 25.5 Å². The van der Waals surface area contributed by atoms with Gasteiger partial charge in [0.2, 0.25) is 5.95 Å². The molecular weight excluding hydrogens is 429 g/mol. The highest BCUT2D eigenvalue weighted by molar-refractivity contribution is 5.69. The maximum absolute atomic E-state index is 13.4. The molecule has 4 rings (SSSR count). The fourth-order valence-electron chi connectivity index (χ4n) is 3.81. The van der Waals surface area contributed by atoms with Crippen LogP contribution < -0.4 is 16.4 Å². The zero-order valence-corrected chi connectivity index (χ0v) is 18.2. The van der Waals surface area contributed by atoms with Crippen molar-refractivity contribution in [1.82, 2.24) is 14.9 Å². The first-order chi connectivity index (χ1) is 15.9. The number of halogens is 3. The van der Waals surface area contributed by atoms with Gasteiger partial charge >= 0.3 is 6.18 Å². The van der Waals surface area contributed by atoms with E-state index in [4.69, 9.17) is 5.73 Å². The second-order valence-electron chi connectivity index (χ2n) is 8.11. The van der Waals surface area contributed by atoms with Gasteiger partial charge in [-0.1, -0.05) is 30.7 Å². The highest BCUT2D eigenvalue weighted by Gasteiger charge is 2.33. The third-order valence-corrected chi connectivity index (χ3v) is 5.58. The van der Waals surface area contributed by atoms with Crippen molar-refractivity contribution in [2.75, 3.05) is 42.5 Å². The van der Waals surface area contributed by atoms with Crippen LogP contribution in [-0.4, -0.2) is 41.0 Å². The molecule has 0 aliphatic carbocycles. The average molecular weight is 457 g/mol. The summed E-state index contributed by atoms with van der Waals surface area (Å²) in [5.74, 6) is 0.0425. The number of nitrogens with one attached hydrogen (secondary N) is 2. The summed E-state index contributed by atoms with van der Waals surface area (Å²) >= 11 is 0. The minimum absolute atomic E-state index is 0.0390. The second-order valence-corrected chi connectivity index (χ2v) is 8.11. The Balaban J connectivity index is 1.46. The second kappa shape index (κ2) is 10.1. The molecule has 33 heavy (non-hydrogen) atoms. The Bertz CT molecular complexity index is 1050. The van der Waals surface area contributed by atoms with Gasteiger partial charge in [0, 0.05) is 30.5 Å². The number of nitrogen functional groups attached to an aromatic ring is 1. The Morgan fingerprint density at radius 3 is 2.15 bits per heavy atom. The summed E-state index contributed by atoms with van der Waals surface area (Å²) in [6.45, 7) is 3.26. The summed E-state index contributed by atoms with van der Waals surface area (Å²) in [6.07, 6.45) is -1.02. The SMILES string of the molecule is Nc1ccc(-c2ccc(Nc3cc(C(F)(F)F)nc(NCCN4CCCCC4)n3)cc2)cc1. The lowest BCUT2D eigenvalue weighted by molar-refractivity contribution is -0.141. The van der Waals surface area contributed by atoms with E-state index in [1.165, 1.54) is 6.42 Å².